The highest BCUT2D eigenvalue weighted by Crippen LogP contribution is 2.34. The van der Waals surface area contributed by atoms with E-state index in [1.54, 1.807) is 35.1 Å². The van der Waals surface area contributed by atoms with Crippen LogP contribution in [0.1, 0.15) is 5.56 Å². The zero-order valence-electron chi connectivity index (χ0n) is 14.3. The summed E-state index contributed by atoms with van der Waals surface area (Å²) in [6.07, 6.45) is -2.88. The van der Waals surface area contributed by atoms with E-state index in [9.17, 15) is 21.6 Å². The molecule has 0 saturated heterocycles. The number of rotatable bonds is 3. The van der Waals surface area contributed by atoms with E-state index in [1.807, 2.05) is 0 Å². The third-order valence-electron chi connectivity index (χ3n) is 4.23. The van der Waals surface area contributed by atoms with Gasteiger partial charge in [0.15, 0.2) is 0 Å². The number of sulfonamides is 1. The molecular formula is C18H14F3N3O3S. The number of ether oxygens (including phenoxy) is 1. The molecule has 2 aromatic carbocycles. The highest BCUT2D eigenvalue weighted by atomic mass is 32.2. The highest BCUT2D eigenvalue weighted by Gasteiger charge is 2.30. The summed E-state index contributed by atoms with van der Waals surface area (Å²) < 4.78 is 71.6. The maximum Gasteiger partial charge on any atom is 0.416 e. The van der Waals surface area contributed by atoms with Crippen LogP contribution in [0.25, 0.3) is 11.1 Å². The van der Waals surface area contributed by atoms with Crippen molar-refractivity contribution in [1.82, 2.24) is 9.78 Å². The van der Waals surface area contributed by atoms with Gasteiger partial charge in [0.1, 0.15) is 17.3 Å². The first-order valence-corrected chi connectivity index (χ1v) is 9.88. The number of hydrogen-bond acceptors (Lipinski definition) is 4. The summed E-state index contributed by atoms with van der Waals surface area (Å²) in [5.41, 5.74) is 0.511. The molecule has 0 unspecified atom stereocenters. The van der Waals surface area contributed by atoms with Crippen LogP contribution in [-0.4, -0.2) is 24.0 Å². The number of anilines is 1. The monoisotopic (exact) mass is 409 g/mol. The van der Waals surface area contributed by atoms with Crippen LogP contribution in [-0.2, 0) is 22.7 Å². The van der Waals surface area contributed by atoms with Crippen molar-refractivity contribution in [3.63, 3.8) is 0 Å². The molecule has 0 saturated carbocycles. The van der Waals surface area contributed by atoms with E-state index >= 15 is 0 Å². The topological polar surface area (TPSA) is 73.2 Å². The van der Waals surface area contributed by atoms with Gasteiger partial charge in [0.2, 0.25) is 10.0 Å². The van der Waals surface area contributed by atoms with Crippen molar-refractivity contribution >= 4 is 15.8 Å². The van der Waals surface area contributed by atoms with Gasteiger partial charge in [0, 0.05) is 5.56 Å². The van der Waals surface area contributed by atoms with Gasteiger partial charge in [-0.3, -0.25) is 4.72 Å². The van der Waals surface area contributed by atoms with Gasteiger partial charge < -0.3 is 4.74 Å². The number of fused-ring (bicyclic) bond motifs is 1. The number of benzene rings is 2. The normalized spacial score (nSPS) is 15.5. The first-order chi connectivity index (χ1) is 13.2. The third kappa shape index (κ3) is 3.68. The second-order valence-electron chi connectivity index (χ2n) is 6.20. The fourth-order valence-corrected chi connectivity index (χ4v) is 3.88. The molecule has 0 spiro atoms. The predicted octanol–water partition coefficient (Wildman–Crippen LogP) is 4.12. The van der Waals surface area contributed by atoms with E-state index in [1.165, 1.54) is 12.1 Å². The molecule has 4 rings (SSSR count). The van der Waals surface area contributed by atoms with E-state index in [0.29, 0.717) is 22.7 Å². The number of nitrogens with zero attached hydrogens (tertiary/aromatic N) is 2. The summed E-state index contributed by atoms with van der Waals surface area (Å²) in [6.45, 7) is 0.265. The maximum absolute atomic E-state index is 12.8. The maximum atomic E-state index is 12.8. The minimum Gasteiger partial charge on any atom is -0.457 e. The average Bonchev–Trinajstić information content (AvgIpc) is 3.04. The van der Waals surface area contributed by atoms with Crippen molar-refractivity contribution in [3.05, 3.63) is 60.3 Å². The minimum atomic E-state index is -4.45. The van der Waals surface area contributed by atoms with Crippen molar-refractivity contribution in [2.45, 2.75) is 12.7 Å². The fourth-order valence-electron chi connectivity index (χ4n) is 2.85. The number of alkyl halides is 3. The zero-order chi connectivity index (χ0) is 19.9. The van der Waals surface area contributed by atoms with Crippen molar-refractivity contribution in [1.29, 1.82) is 0 Å². The summed E-state index contributed by atoms with van der Waals surface area (Å²) >= 11 is 0. The molecule has 0 radical (unpaired) electrons. The molecule has 0 atom stereocenters. The Balaban J connectivity index is 1.57. The van der Waals surface area contributed by atoms with Crippen molar-refractivity contribution in [2.24, 2.45) is 0 Å². The molecule has 10 heteroatoms. The van der Waals surface area contributed by atoms with E-state index in [-0.39, 0.29) is 18.0 Å². The van der Waals surface area contributed by atoms with E-state index in [4.69, 9.17) is 4.74 Å². The molecule has 1 aromatic heterocycles. The first kappa shape index (κ1) is 18.4. The molecule has 0 aliphatic carbocycles. The second kappa shape index (κ2) is 6.55. The molecule has 0 bridgehead atoms. The van der Waals surface area contributed by atoms with Gasteiger partial charge >= 0.3 is 6.18 Å². The molecular weight excluding hydrogens is 395 g/mol. The lowest BCUT2D eigenvalue weighted by atomic mass is 10.1. The molecule has 146 valence electrons. The van der Waals surface area contributed by atoms with Gasteiger partial charge in [-0.05, 0) is 35.9 Å². The quantitative estimate of drug-likeness (QED) is 0.706. The fraction of sp³-hybridized carbons (Fsp3) is 0.167. The van der Waals surface area contributed by atoms with E-state index in [2.05, 4.69) is 9.82 Å². The number of halogens is 3. The molecule has 6 nitrogen and oxygen atoms in total. The van der Waals surface area contributed by atoms with Crippen LogP contribution in [0.15, 0.2) is 54.7 Å². The Bertz CT molecular complexity index is 1120. The summed E-state index contributed by atoms with van der Waals surface area (Å²) in [5, 5.41) is 4.17. The van der Waals surface area contributed by atoms with Crippen molar-refractivity contribution < 1.29 is 26.3 Å². The summed E-state index contributed by atoms with van der Waals surface area (Å²) in [7, 11) is -3.39. The van der Waals surface area contributed by atoms with Crippen LogP contribution in [0.2, 0.25) is 0 Å². The van der Waals surface area contributed by atoms with Crippen molar-refractivity contribution in [2.75, 3.05) is 10.5 Å². The lowest BCUT2D eigenvalue weighted by Gasteiger charge is -2.17. The smallest absolute Gasteiger partial charge is 0.416 e. The highest BCUT2D eigenvalue weighted by molar-refractivity contribution is 7.92. The lowest BCUT2D eigenvalue weighted by molar-refractivity contribution is -0.137. The average molecular weight is 409 g/mol. The number of aryl methyl sites for hydroxylation is 1. The molecule has 0 amide bonds. The second-order valence-corrected chi connectivity index (χ2v) is 8.04. The molecule has 0 fully saturated rings. The van der Waals surface area contributed by atoms with Gasteiger partial charge in [-0.2, -0.15) is 18.3 Å². The van der Waals surface area contributed by atoms with Gasteiger partial charge in [-0.15, -0.1) is 0 Å². The van der Waals surface area contributed by atoms with Crippen LogP contribution in [0.4, 0.5) is 19.0 Å². The van der Waals surface area contributed by atoms with Crippen LogP contribution in [0.5, 0.6) is 11.5 Å². The lowest BCUT2D eigenvalue weighted by Crippen LogP contribution is -2.28. The van der Waals surface area contributed by atoms with E-state index in [0.717, 1.165) is 12.1 Å². The molecule has 3 aromatic rings. The first-order valence-electron chi connectivity index (χ1n) is 8.23. The van der Waals surface area contributed by atoms with Gasteiger partial charge in [-0.1, -0.05) is 18.2 Å². The summed E-state index contributed by atoms with van der Waals surface area (Å²) in [5.74, 6) is 0.769. The summed E-state index contributed by atoms with van der Waals surface area (Å²) in [6, 6.07) is 11.2. The molecule has 1 aliphatic heterocycles. The molecule has 1 N–H and O–H groups in total. The SMILES string of the molecule is O=S1(=O)CCn2ncc(-c3ccc(Oc4cccc(C(F)(F)F)c4)cc3)c2N1. The molecule has 1 aliphatic rings. The number of aromatic nitrogens is 2. The van der Waals surface area contributed by atoms with Gasteiger partial charge in [0.05, 0.1) is 24.1 Å². The molecule has 2 heterocycles. The Kier molecular flexibility index (Phi) is 4.30. The Labute approximate surface area is 158 Å². The number of hydrogen-bond donors (Lipinski definition) is 1. The predicted molar refractivity (Wildman–Crippen MR) is 96.6 cm³/mol. The third-order valence-corrected chi connectivity index (χ3v) is 5.45. The Morgan fingerprint density at radius 1 is 1.07 bits per heavy atom. The van der Waals surface area contributed by atoms with Crippen LogP contribution < -0.4 is 9.46 Å². The Morgan fingerprint density at radius 3 is 2.54 bits per heavy atom. The van der Waals surface area contributed by atoms with Crippen LogP contribution >= 0.6 is 0 Å². The molecule has 28 heavy (non-hydrogen) atoms. The zero-order valence-corrected chi connectivity index (χ0v) is 15.1. The van der Waals surface area contributed by atoms with Crippen molar-refractivity contribution in [3.8, 4) is 22.6 Å². The van der Waals surface area contributed by atoms with Crippen LogP contribution in [0, 0.1) is 0 Å². The largest absolute Gasteiger partial charge is 0.457 e. The van der Waals surface area contributed by atoms with Gasteiger partial charge in [-0.25, -0.2) is 13.1 Å². The summed E-state index contributed by atoms with van der Waals surface area (Å²) in [4.78, 5) is 0. The Hall–Kier alpha value is -3.01. The van der Waals surface area contributed by atoms with E-state index < -0.39 is 21.8 Å². The Morgan fingerprint density at radius 2 is 1.82 bits per heavy atom. The minimum absolute atomic E-state index is 0.0368. The standard InChI is InChI=1S/C18H14F3N3O3S/c19-18(20,21)13-2-1-3-15(10-13)27-14-6-4-12(5-7-14)16-11-22-24-8-9-28(25,26)23-17(16)24/h1-7,10-11,23H,8-9H2. The van der Waals surface area contributed by atoms with Gasteiger partial charge in [0.25, 0.3) is 0 Å². The van der Waals surface area contributed by atoms with Crippen LogP contribution in [0.3, 0.4) is 0 Å². The number of nitrogens with one attached hydrogen (secondary N) is 1.